The number of nitrogens with zero attached hydrogens (tertiary/aromatic N) is 1. The SMILES string of the molecule is CCC(CCl)(CCl)Nc1ccc(C)cn1. The van der Waals surface area contributed by atoms with E-state index in [1.165, 1.54) is 0 Å². The van der Waals surface area contributed by atoms with E-state index < -0.39 is 0 Å². The Kier molecular flexibility index (Phi) is 4.68. The van der Waals surface area contributed by atoms with E-state index in [4.69, 9.17) is 23.2 Å². The highest BCUT2D eigenvalue weighted by atomic mass is 35.5. The van der Waals surface area contributed by atoms with E-state index in [0.717, 1.165) is 17.8 Å². The average molecular weight is 247 g/mol. The maximum Gasteiger partial charge on any atom is 0.126 e. The number of anilines is 1. The molecule has 0 aliphatic rings. The van der Waals surface area contributed by atoms with Crippen molar-refractivity contribution in [3.63, 3.8) is 0 Å². The van der Waals surface area contributed by atoms with Crippen molar-refractivity contribution in [2.24, 2.45) is 0 Å². The number of hydrogen-bond donors (Lipinski definition) is 1. The minimum atomic E-state index is -0.259. The first-order valence-electron chi connectivity index (χ1n) is 4.98. The molecule has 0 spiro atoms. The van der Waals surface area contributed by atoms with Gasteiger partial charge in [-0.3, -0.25) is 0 Å². The van der Waals surface area contributed by atoms with Gasteiger partial charge in [-0.25, -0.2) is 4.98 Å². The van der Waals surface area contributed by atoms with Crippen LogP contribution in [0.15, 0.2) is 18.3 Å². The third-order valence-electron chi connectivity index (χ3n) is 2.49. The van der Waals surface area contributed by atoms with Gasteiger partial charge in [0.15, 0.2) is 0 Å². The molecule has 1 heterocycles. The van der Waals surface area contributed by atoms with Crippen LogP contribution in [0.1, 0.15) is 18.9 Å². The fourth-order valence-electron chi connectivity index (χ4n) is 1.19. The van der Waals surface area contributed by atoms with E-state index in [0.29, 0.717) is 11.8 Å². The standard InChI is InChI=1S/C11H16Cl2N2/c1-3-11(7-12,8-13)15-10-5-4-9(2)6-14-10/h4-6H,3,7-8H2,1-2H3,(H,14,15). The Balaban J connectivity index is 2.78. The lowest BCUT2D eigenvalue weighted by Crippen LogP contribution is -2.42. The molecule has 1 N–H and O–H groups in total. The molecule has 0 bridgehead atoms. The Morgan fingerprint density at radius 1 is 1.33 bits per heavy atom. The van der Waals surface area contributed by atoms with Gasteiger partial charge in [-0.1, -0.05) is 13.0 Å². The second-order valence-corrected chi connectivity index (χ2v) is 4.28. The summed E-state index contributed by atoms with van der Waals surface area (Å²) in [6, 6.07) is 3.96. The van der Waals surface area contributed by atoms with Crippen LogP contribution in [0, 0.1) is 6.92 Å². The molecule has 0 atom stereocenters. The molecule has 0 saturated carbocycles. The third-order valence-corrected chi connectivity index (χ3v) is 3.52. The molecule has 1 aromatic heterocycles. The molecule has 0 aromatic carbocycles. The van der Waals surface area contributed by atoms with E-state index >= 15 is 0 Å². The van der Waals surface area contributed by atoms with E-state index in [1.807, 2.05) is 25.3 Å². The Labute approximate surface area is 101 Å². The number of rotatable bonds is 5. The highest BCUT2D eigenvalue weighted by Crippen LogP contribution is 2.20. The molecule has 0 amide bonds. The quantitative estimate of drug-likeness (QED) is 0.806. The Morgan fingerprint density at radius 2 is 2.00 bits per heavy atom. The lowest BCUT2D eigenvalue weighted by Gasteiger charge is -2.30. The van der Waals surface area contributed by atoms with E-state index in [2.05, 4.69) is 17.2 Å². The van der Waals surface area contributed by atoms with Crippen molar-refractivity contribution in [2.75, 3.05) is 17.1 Å². The van der Waals surface area contributed by atoms with Crippen molar-refractivity contribution in [3.05, 3.63) is 23.9 Å². The number of nitrogens with one attached hydrogen (secondary N) is 1. The van der Waals surface area contributed by atoms with Crippen molar-refractivity contribution in [2.45, 2.75) is 25.8 Å². The van der Waals surface area contributed by atoms with Gasteiger partial charge in [-0.15, -0.1) is 23.2 Å². The molecule has 0 aliphatic heterocycles. The van der Waals surface area contributed by atoms with Gasteiger partial charge in [0.1, 0.15) is 5.82 Å². The molecule has 1 aromatic rings. The summed E-state index contributed by atoms with van der Waals surface area (Å²) in [6.45, 7) is 4.07. The van der Waals surface area contributed by atoms with Crippen LogP contribution in [0.4, 0.5) is 5.82 Å². The van der Waals surface area contributed by atoms with Crippen LogP contribution in [-0.2, 0) is 0 Å². The molecule has 15 heavy (non-hydrogen) atoms. The maximum atomic E-state index is 5.93. The number of alkyl halides is 2. The summed E-state index contributed by atoms with van der Waals surface area (Å²) in [5.41, 5.74) is 0.880. The smallest absolute Gasteiger partial charge is 0.126 e. The average Bonchev–Trinajstić information content (AvgIpc) is 2.29. The molecule has 0 saturated heterocycles. The van der Waals surface area contributed by atoms with E-state index in [1.54, 1.807) is 0 Å². The second kappa shape index (κ2) is 5.57. The van der Waals surface area contributed by atoms with Crippen LogP contribution in [0.25, 0.3) is 0 Å². The van der Waals surface area contributed by atoms with Crippen molar-refractivity contribution in [1.29, 1.82) is 0 Å². The van der Waals surface area contributed by atoms with Crippen molar-refractivity contribution in [3.8, 4) is 0 Å². The number of aryl methyl sites for hydroxylation is 1. The first kappa shape index (κ1) is 12.6. The predicted molar refractivity (Wildman–Crippen MR) is 67.1 cm³/mol. The molecule has 84 valence electrons. The van der Waals surface area contributed by atoms with Crippen LogP contribution in [0.5, 0.6) is 0 Å². The van der Waals surface area contributed by atoms with E-state index in [-0.39, 0.29) is 5.54 Å². The fraction of sp³-hybridized carbons (Fsp3) is 0.545. The predicted octanol–water partition coefficient (Wildman–Crippen LogP) is 3.43. The van der Waals surface area contributed by atoms with Crippen molar-refractivity contribution < 1.29 is 0 Å². The second-order valence-electron chi connectivity index (χ2n) is 3.75. The molecule has 0 radical (unpaired) electrons. The van der Waals surface area contributed by atoms with Crippen molar-refractivity contribution >= 4 is 29.0 Å². The summed E-state index contributed by atoms with van der Waals surface area (Å²) in [7, 11) is 0. The largest absolute Gasteiger partial charge is 0.362 e. The lowest BCUT2D eigenvalue weighted by molar-refractivity contribution is 0.558. The number of pyridine rings is 1. The molecule has 0 aliphatic carbocycles. The van der Waals surface area contributed by atoms with Crippen molar-refractivity contribution in [1.82, 2.24) is 4.98 Å². The summed E-state index contributed by atoms with van der Waals surface area (Å²) in [5, 5.41) is 3.29. The number of halogens is 2. The summed E-state index contributed by atoms with van der Waals surface area (Å²) in [4.78, 5) is 4.28. The Bertz CT molecular complexity index is 286. The van der Waals surface area contributed by atoms with Crippen LogP contribution in [-0.4, -0.2) is 22.3 Å². The van der Waals surface area contributed by atoms with Crippen LogP contribution >= 0.6 is 23.2 Å². The minimum absolute atomic E-state index is 0.259. The van der Waals surface area contributed by atoms with Gasteiger partial charge < -0.3 is 5.32 Å². The molecule has 1 rings (SSSR count). The molecule has 0 fully saturated rings. The van der Waals surface area contributed by atoms with Gasteiger partial charge in [0.05, 0.1) is 5.54 Å². The van der Waals surface area contributed by atoms with Gasteiger partial charge in [-0.2, -0.15) is 0 Å². The summed E-state index contributed by atoms with van der Waals surface area (Å²) in [5.74, 6) is 1.77. The maximum absolute atomic E-state index is 5.93. The lowest BCUT2D eigenvalue weighted by atomic mass is 10.0. The minimum Gasteiger partial charge on any atom is -0.362 e. The molecule has 0 unspecified atom stereocenters. The number of aromatic nitrogens is 1. The summed E-state index contributed by atoms with van der Waals surface area (Å²) >= 11 is 11.9. The van der Waals surface area contributed by atoms with Gasteiger partial charge >= 0.3 is 0 Å². The zero-order valence-corrected chi connectivity index (χ0v) is 10.6. The molecular weight excluding hydrogens is 231 g/mol. The Morgan fingerprint density at radius 3 is 2.40 bits per heavy atom. The highest BCUT2D eigenvalue weighted by Gasteiger charge is 2.26. The molecular formula is C11H16Cl2N2. The first-order chi connectivity index (χ1) is 7.15. The number of hydrogen-bond acceptors (Lipinski definition) is 2. The van der Waals surface area contributed by atoms with Crippen LogP contribution < -0.4 is 5.32 Å². The third kappa shape index (κ3) is 3.25. The summed E-state index contributed by atoms with van der Waals surface area (Å²) in [6.07, 6.45) is 2.70. The molecule has 2 nitrogen and oxygen atoms in total. The fourth-order valence-corrected chi connectivity index (χ4v) is 1.99. The summed E-state index contributed by atoms with van der Waals surface area (Å²) < 4.78 is 0. The zero-order chi connectivity index (χ0) is 11.3. The van der Waals surface area contributed by atoms with Gasteiger partial charge in [-0.05, 0) is 25.0 Å². The topological polar surface area (TPSA) is 24.9 Å². The van der Waals surface area contributed by atoms with Crippen LogP contribution in [0.3, 0.4) is 0 Å². The van der Waals surface area contributed by atoms with Crippen LogP contribution in [0.2, 0.25) is 0 Å². The zero-order valence-electron chi connectivity index (χ0n) is 9.06. The van der Waals surface area contributed by atoms with Gasteiger partial charge in [0.2, 0.25) is 0 Å². The molecule has 4 heteroatoms. The monoisotopic (exact) mass is 246 g/mol. The van der Waals surface area contributed by atoms with Gasteiger partial charge in [0, 0.05) is 18.0 Å². The van der Waals surface area contributed by atoms with Gasteiger partial charge in [0.25, 0.3) is 0 Å². The highest BCUT2D eigenvalue weighted by molar-refractivity contribution is 6.22. The van der Waals surface area contributed by atoms with E-state index in [9.17, 15) is 0 Å². The normalized spacial score (nSPS) is 11.5. The first-order valence-corrected chi connectivity index (χ1v) is 6.05. The Hall–Kier alpha value is -0.470.